The molecule has 0 unspecified atom stereocenters. The number of rotatable bonds is 2. The van der Waals surface area contributed by atoms with Gasteiger partial charge in [0.15, 0.2) is 5.78 Å². The van der Waals surface area contributed by atoms with Crippen LogP contribution in [0.3, 0.4) is 0 Å². The topological polar surface area (TPSA) is 78.7 Å². The van der Waals surface area contributed by atoms with E-state index in [9.17, 15) is 4.79 Å². The summed E-state index contributed by atoms with van der Waals surface area (Å²) in [4.78, 5) is 17.3. The van der Waals surface area contributed by atoms with Gasteiger partial charge in [-0.2, -0.15) is 0 Å². The minimum Gasteiger partial charge on any atom is -0.294 e. The Morgan fingerprint density at radius 2 is 2.46 bits per heavy atom. The molecule has 0 bridgehead atoms. The van der Waals surface area contributed by atoms with Crippen molar-refractivity contribution in [3.8, 4) is 0 Å². The van der Waals surface area contributed by atoms with Crippen LogP contribution in [0.2, 0.25) is 5.15 Å². The van der Waals surface area contributed by atoms with Crippen molar-refractivity contribution in [1.29, 1.82) is 0 Å². The zero-order valence-corrected chi connectivity index (χ0v) is 7.49. The second-order valence-corrected chi connectivity index (χ2v) is 2.66. The van der Waals surface area contributed by atoms with E-state index in [0.29, 0.717) is 0 Å². The van der Waals surface area contributed by atoms with Crippen LogP contribution in [0.4, 0.5) is 5.69 Å². The Hall–Kier alpha value is -1.58. The molecule has 0 N–H and O–H groups in total. The number of azide groups is 1. The van der Waals surface area contributed by atoms with Crippen LogP contribution in [0.5, 0.6) is 0 Å². The van der Waals surface area contributed by atoms with Gasteiger partial charge in [0, 0.05) is 16.7 Å². The quantitative estimate of drug-likeness (QED) is 0.240. The first-order valence-electron chi connectivity index (χ1n) is 3.36. The second kappa shape index (κ2) is 3.89. The summed E-state index contributed by atoms with van der Waals surface area (Å²) in [5, 5.41) is 3.51. The third-order valence-electron chi connectivity index (χ3n) is 1.38. The van der Waals surface area contributed by atoms with Crippen LogP contribution in [0.1, 0.15) is 17.3 Å². The molecule has 0 aliphatic carbocycles. The molecule has 0 aromatic carbocycles. The molecule has 1 aromatic rings. The molecule has 1 heterocycles. The van der Waals surface area contributed by atoms with Crippen molar-refractivity contribution in [1.82, 2.24) is 4.98 Å². The molecule has 0 aliphatic rings. The van der Waals surface area contributed by atoms with Gasteiger partial charge in [0.05, 0.1) is 5.69 Å². The van der Waals surface area contributed by atoms with E-state index in [-0.39, 0.29) is 22.2 Å². The highest BCUT2D eigenvalue weighted by Gasteiger charge is 2.06. The van der Waals surface area contributed by atoms with Gasteiger partial charge < -0.3 is 0 Å². The minimum absolute atomic E-state index is 0.187. The van der Waals surface area contributed by atoms with E-state index in [1.54, 1.807) is 0 Å². The Kier molecular flexibility index (Phi) is 2.84. The van der Waals surface area contributed by atoms with Gasteiger partial charge in [0.25, 0.3) is 0 Å². The summed E-state index contributed by atoms with van der Waals surface area (Å²) in [6.45, 7) is 1.36. The first-order chi connectivity index (χ1) is 6.15. The average Bonchev–Trinajstić information content (AvgIpc) is 2.04. The Morgan fingerprint density at radius 1 is 1.77 bits per heavy atom. The molecule has 0 saturated heterocycles. The summed E-state index contributed by atoms with van der Waals surface area (Å²) in [5.41, 5.74) is 8.67. The average molecular weight is 197 g/mol. The molecule has 13 heavy (non-hydrogen) atoms. The van der Waals surface area contributed by atoms with Crippen LogP contribution in [-0.4, -0.2) is 10.8 Å². The molecule has 1 aromatic heterocycles. The zero-order chi connectivity index (χ0) is 9.84. The van der Waals surface area contributed by atoms with Gasteiger partial charge in [-0.1, -0.05) is 16.7 Å². The van der Waals surface area contributed by atoms with E-state index in [0.717, 1.165) is 0 Å². The molecule has 0 aliphatic heterocycles. The molecule has 0 saturated carbocycles. The van der Waals surface area contributed by atoms with Crippen molar-refractivity contribution in [2.75, 3.05) is 0 Å². The van der Waals surface area contributed by atoms with Crippen LogP contribution in [0, 0.1) is 0 Å². The normalized spacial score (nSPS) is 9.08. The van der Waals surface area contributed by atoms with E-state index >= 15 is 0 Å². The van der Waals surface area contributed by atoms with Gasteiger partial charge in [-0.15, -0.1) is 0 Å². The van der Waals surface area contributed by atoms with Crippen LogP contribution in [0.25, 0.3) is 10.4 Å². The van der Waals surface area contributed by atoms with E-state index in [2.05, 4.69) is 15.0 Å². The van der Waals surface area contributed by atoms with Crippen molar-refractivity contribution < 1.29 is 4.79 Å². The van der Waals surface area contributed by atoms with Crippen LogP contribution < -0.4 is 0 Å². The zero-order valence-electron chi connectivity index (χ0n) is 6.73. The summed E-state index contributed by atoms with van der Waals surface area (Å²) in [6, 6.07) is 1.35. The van der Waals surface area contributed by atoms with Gasteiger partial charge in [0.1, 0.15) is 5.15 Å². The lowest BCUT2D eigenvalue weighted by molar-refractivity contribution is 0.101. The number of aromatic nitrogens is 1. The largest absolute Gasteiger partial charge is 0.294 e. The standard InChI is InChI=1S/C7H5ClN4O/c1-4(13)5-3-10-7(8)2-6(5)11-12-9/h2-3H,1H3. The Balaban J connectivity index is 3.34. The first-order valence-corrected chi connectivity index (χ1v) is 3.74. The molecular formula is C7H5ClN4O. The number of Topliss-reactive ketones (excluding diaryl/α,β-unsaturated/α-hetero) is 1. The molecule has 6 heteroatoms. The van der Waals surface area contributed by atoms with Gasteiger partial charge in [0.2, 0.25) is 0 Å². The highest BCUT2D eigenvalue weighted by atomic mass is 35.5. The molecule has 1 rings (SSSR count). The van der Waals surface area contributed by atoms with Gasteiger partial charge in [-0.3, -0.25) is 4.79 Å². The molecule has 0 radical (unpaired) electrons. The molecule has 0 fully saturated rings. The molecule has 0 spiro atoms. The van der Waals surface area contributed by atoms with Crippen molar-refractivity contribution in [3.05, 3.63) is 33.4 Å². The lowest BCUT2D eigenvalue weighted by atomic mass is 10.2. The number of hydrogen-bond acceptors (Lipinski definition) is 3. The third kappa shape index (κ3) is 2.18. The van der Waals surface area contributed by atoms with Crippen molar-refractivity contribution in [2.45, 2.75) is 6.92 Å². The number of carbonyl (C=O) groups excluding carboxylic acids is 1. The molecule has 66 valence electrons. The van der Waals surface area contributed by atoms with Crippen LogP contribution in [-0.2, 0) is 0 Å². The number of nitrogens with zero attached hydrogens (tertiary/aromatic N) is 4. The number of halogens is 1. The van der Waals surface area contributed by atoms with E-state index in [4.69, 9.17) is 17.1 Å². The Bertz CT molecular complexity index is 397. The van der Waals surface area contributed by atoms with E-state index in [1.165, 1.54) is 19.2 Å². The van der Waals surface area contributed by atoms with E-state index in [1.807, 2.05) is 0 Å². The fraction of sp³-hybridized carbons (Fsp3) is 0.143. The highest BCUT2D eigenvalue weighted by molar-refractivity contribution is 6.29. The monoisotopic (exact) mass is 196 g/mol. The molecule has 0 amide bonds. The van der Waals surface area contributed by atoms with Gasteiger partial charge in [-0.05, 0) is 18.5 Å². The SMILES string of the molecule is CC(=O)c1cnc(Cl)cc1N=[N+]=[N-]. The number of ketones is 1. The maximum Gasteiger partial charge on any atom is 0.161 e. The van der Waals surface area contributed by atoms with Crippen molar-refractivity contribution in [2.24, 2.45) is 5.11 Å². The molecule has 5 nitrogen and oxygen atoms in total. The van der Waals surface area contributed by atoms with Gasteiger partial charge in [-0.25, -0.2) is 4.98 Å². The predicted octanol–water partition coefficient (Wildman–Crippen LogP) is 2.88. The highest BCUT2D eigenvalue weighted by Crippen LogP contribution is 2.22. The molecular weight excluding hydrogens is 192 g/mol. The number of carbonyl (C=O) groups is 1. The minimum atomic E-state index is -0.216. The maximum absolute atomic E-state index is 11.0. The number of hydrogen-bond donors (Lipinski definition) is 0. The summed E-state index contributed by atoms with van der Waals surface area (Å²) < 4.78 is 0. The lowest BCUT2D eigenvalue weighted by Crippen LogP contribution is -1.93. The first kappa shape index (κ1) is 9.51. The summed E-state index contributed by atoms with van der Waals surface area (Å²) in [5.74, 6) is -0.216. The summed E-state index contributed by atoms with van der Waals surface area (Å²) >= 11 is 5.55. The van der Waals surface area contributed by atoms with Crippen LogP contribution in [0.15, 0.2) is 17.4 Å². The Labute approximate surface area is 79.0 Å². The fourth-order valence-corrected chi connectivity index (χ4v) is 0.975. The number of pyridine rings is 1. The smallest absolute Gasteiger partial charge is 0.161 e. The molecule has 0 atom stereocenters. The third-order valence-corrected chi connectivity index (χ3v) is 1.59. The Morgan fingerprint density at radius 3 is 3.00 bits per heavy atom. The van der Waals surface area contributed by atoms with E-state index < -0.39 is 0 Å². The predicted molar refractivity (Wildman–Crippen MR) is 48.1 cm³/mol. The fourth-order valence-electron chi connectivity index (χ4n) is 0.822. The second-order valence-electron chi connectivity index (χ2n) is 2.27. The maximum atomic E-state index is 11.0. The van der Waals surface area contributed by atoms with Gasteiger partial charge >= 0.3 is 0 Å². The van der Waals surface area contributed by atoms with Crippen molar-refractivity contribution in [3.63, 3.8) is 0 Å². The summed E-state index contributed by atoms with van der Waals surface area (Å²) in [6.07, 6.45) is 1.29. The summed E-state index contributed by atoms with van der Waals surface area (Å²) in [7, 11) is 0. The van der Waals surface area contributed by atoms with Crippen molar-refractivity contribution >= 4 is 23.1 Å². The van der Waals surface area contributed by atoms with Crippen LogP contribution >= 0.6 is 11.6 Å². The lowest BCUT2D eigenvalue weighted by Gasteiger charge is -1.99.